The number of nitrogens with one attached hydrogen (secondary N) is 1. The van der Waals surface area contributed by atoms with Crippen molar-refractivity contribution in [3.8, 4) is 0 Å². The van der Waals surface area contributed by atoms with Crippen LogP contribution in [0, 0.1) is 11.8 Å². The van der Waals surface area contributed by atoms with Crippen LogP contribution in [-0.2, 0) is 4.79 Å². The van der Waals surface area contributed by atoms with E-state index in [9.17, 15) is 4.79 Å². The molecule has 1 fully saturated rings. The maximum atomic E-state index is 12.2. The number of aliphatic hydroxyl groups is 1. The van der Waals surface area contributed by atoms with E-state index in [2.05, 4.69) is 12.2 Å². The fraction of sp³-hybridized carbons (Fsp3) is 0.909. The van der Waals surface area contributed by atoms with E-state index in [1.165, 1.54) is 0 Å². The van der Waals surface area contributed by atoms with Crippen molar-refractivity contribution in [2.24, 2.45) is 11.8 Å². The van der Waals surface area contributed by atoms with Crippen molar-refractivity contribution in [2.75, 3.05) is 26.2 Å². The fourth-order valence-electron chi connectivity index (χ4n) is 2.08. The highest BCUT2D eigenvalue weighted by Crippen LogP contribution is 2.19. The van der Waals surface area contributed by atoms with Crippen molar-refractivity contribution in [2.45, 2.75) is 26.8 Å². The van der Waals surface area contributed by atoms with E-state index in [1.807, 2.05) is 13.8 Å². The molecule has 4 heteroatoms. The number of carbonyl (C=O) groups is 1. The molecule has 2 atom stereocenters. The van der Waals surface area contributed by atoms with Crippen LogP contribution in [0.25, 0.3) is 0 Å². The predicted octanol–water partition coefficient (Wildman–Crippen LogP) is 0.0712. The Morgan fingerprint density at radius 3 is 2.60 bits per heavy atom. The van der Waals surface area contributed by atoms with Gasteiger partial charge in [-0.2, -0.15) is 0 Å². The van der Waals surface area contributed by atoms with Crippen molar-refractivity contribution in [1.29, 1.82) is 0 Å². The van der Waals surface area contributed by atoms with Gasteiger partial charge in [0.1, 0.15) is 0 Å². The number of rotatable bonds is 4. The normalized spacial score (nSPS) is 25.9. The largest absolute Gasteiger partial charge is 0.395 e. The molecule has 0 aromatic rings. The van der Waals surface area contributed by atoms with Crippen molar-refractivity contribution in [3.05, 3.63) is 0 Å². The zero-order valence-electron chi connectivity index (χ0n) is 9.86. The Hall–Kier alpha value is -0.610. The Labute approximate surface area is 91.6 Å². The zero-order valence-corrected chi connectivity index (χ0v) is 9.86. The first-order valence-corrected chi connectivity index (χ1v) is 5.70. The fourth-order valence-corrected chi connectivity index (χ4v) is 2.08. The smallest absolute Gasteiger partial charge is 0.227 e. The lowest BCUT2D eigenvalue weighted by molar-refractivity contribution is -0.138. The molecule has 0 bridgehead atoms. The second-order valence-corrected chi connectivity index (χ2v) is 4.59. The molecule has 0 aromatic carbocycles. The lowest BCUT2D eigenvalue weighted by atomic mass is 9.96. The summed E-state index contributed by atoms with van der Waals surface area (Å²) < 4.78 is 0. The number of amides is 1. The van der Waals surface area contributed by atoms with Crippen molar-refractivity contribution < 1.29 is 9.90 Å². The van der Waals surface area contributed by atoms with Crippen LogP contribution < -0.4 is 5.32 Å². The highest BCUT2D eigenvalue weighted by molar-refractivity contribution is 5.80. The van der Waals surface area contributed by atoms with Crippen LogP contribution >= 0.6 is 0 Å². The third-order valence-electron chi connectivity index (χ3n) is 3.08. The number of carbonyl (C=O) groups excluding carboxylic acids is 1. The van der Waals surface area contributed by atoms with E-state index in [4.69, 9.17) is 5.11 Å². The summed E-state index contributed by atoms with van der Waals surface area (Å²) in [6, 6.07) is 0.164. The summed E-state index contributed by atoms with van der Waals surface area (Å²) in [5, 5.41) is 12.2. The van der Waals surface area contributed by atoms with Gasteiger partial charge in [-0.15, -0.1) is 0 Å². The molecule has 1 rings (SSSR count). The van der Waals surface area contributed by atoms with Crippen LogP contribution in [0.4, 0.5) is 0 Å². The minimum absolute atomic E-state index is 0.0401. The summed E-state index contributed by atoms with van der Waals surface area (Å²) in [7, 11) is 0. The summed E-state index contributed by atoms with van der Waals surface area (Å²) in [5.41, 5.74) is 0. The highest BCUT2D eigenvalue weighted by atomic mass is 16.3. The second kappa shape index (κ2) is 5.47. The molecule has 0 aromatic heterocycles. The van der Waals surface area contributed by atoms with Crippen LogP contribution in [0.15, 0.2) is 0 Å². The van der Waals surface area contributed by atoms with Gasteiger partial charge in [-0.05, 0) is 26.3 Å². The first-order valence-electron chi connectivity index (χ1n) is 5.70. The third-order valence-corrected chi connectivity index (χ3v) is 3.08. The van der Waals surface area contributed by atoms with E-state index >= 15 is 0 Å². The molecule has 0 saturated carbocycles. The zero-order chi connectivity index (χ0) is 11.4. The number of hydrogen-bond donors (Lipinski definition) is 2. The molecule has 1 aliphatic rings. The molecule has 0 spiro atoms. The molecule has 2 unspecified atom stereocenters. The molecule has 1 saturated heterocycles. The van der Waals surface area contributed by atoms with Crippen LogP contribution in [0.1, 0.15) is 20.8 Å². The standard InChI is InChI=1S/C11H22N2O2/c1-8(2)13(4-5-14)11(15)10-7-12-6-9(10)3/h8-10,12,14H,4-7H2,1-3H3. The summed E-state index contributed by atoms with van der Waals surface area (Å²) in [6.07, 6.45) is 0. The van der Waals surface area contributed by atoms with Crippen LogP contribution in [-0.4, -0.2) is 48.2 Å². The molecule has 2 N–H and O–H groups in total. The van der Waals surface area contributed by atoms with Gasteiger partial charge in [-0.3, -0.25) is 4.79 Å². The van der Waals surface area contributed by atoms with Crippen LogP contribution in [0.5, 0.6) is 0 Å². The van der Waals surface area contributed by atoms with Gasteiger partial charge in [0.05, 0.1) is 12.5 Å². The van der Waals surface area contributed by atoms with E-state index in [0.29, 0.717) is 12.5 Å². The summed E-state index contributed by atoms with van der Waals surface area (Å²) in [6.45, 7) is 8.25. The summed E-state index contributed by atoms with van der Waals surface area (Å²) >= 11 is 0. The Bertz CT molecular complexity index is 219. The predicted molar refractivity (Wildman–Crippen MR) is 59.5 cm³/mol. The van der Waals surface area contributed by atoms with Crippen molar-refractivity contribution in [1.82, 2.24) is 10.2 Å². The van der Waals surface area contributed by atoms with Gasteiger partial charge in [0, 0.05) is 19.1 Å². The molecular formula is C11H22N2O2. The molecule has 0 aliphatic carbocycles. The minimum Gasteiger partial charge on any atom is -0.395 e. The van der Waals surface area contributed by atoms with E-state index in [1.54, 1.807) is 4.90 Å². The van der Waals surface area contributed by atoms with Gasteiger partial charge in [0.25, 0.3) is 0 Å². The quantitative estimate of drug-likeness (QED) is 0.696. The van der Waals surface area contributed by atoms with E-state index < -0.39 is 0 Å². The Morgan fingerprint density at radius 2 is 2.20 bits per heavy atom. The van der Waals surface area contributed by atoms with E-state index in [-0.39, 0.29) is 24.5 Å². The molecule has 88 valence electrons. The average Bonchev–Trinajstić information content (AvgIpc) is 2.59. The first kappa shape index (κ1) is 12.5. The molecule has 15 heavy (non-hydrogen) atoms. The van der Waals surface area contributed by atoms with Crippen molar-refractivity contribution >= 4 is 5.91 Å². The molecule has 1 amide bonds. The summed E-state index contributed by atoms with van der Waals surface area (Å²) in [5.74, 6) is 0.660. The number of hydrogen-bond acceptors (Lipinski definition) is 3. The Balaban J connectivity index is 2.62. The summed E-state index contributed by atoms with van der Waals surface area (Å²) in [4.78, 5) is 13.9. The lowest BCUT2D eigenvalue weighted by Gasteiger charge is -2.29. The van der Waals surface area contributed by atoms with Gasteiger partial charge >= 0.3 is 0 Å². The van der Waals surface area contributed by atoms with Gasteiger partial charge < -0.3 is 15.3 Å². The molecule has 1 aliphatic heterocycles. The lowest BCUT2D eigenvalue weighted by Crippen LogP contribution is -2.44. The molecule has 1 heterocycles. The first-order chi connectivity index (χ1) is 7.07. The minimum atomic E-state index is 0.0401. The van der Waals surface area contributed by atoms with Crippen molar-refractivity contribution in [3.63, 3.8) is 0 Å². The van der Waals surface area contributed by atoms with Gasteiger partial charge in [0.15, 0.2) is 0 Å². The highest BCUT2D eigenvalue weighted by Gasteiger charge is 2.33. The van der Waals surface area contributed by atoms with Gasteiger partial charge in [0.2, 0.25) is 5.91 Å². The van der Waals surface area contributed by atoms with E-state index in [0.717, 1.165) is 13.1 Å². The monoisotopic (exact) mass is 214 g/mol. The Morgan fingerprint density at radius 1 is 1.53 bits per heavy atom. The maximum absolute atomic E-state index is 12.2. The molecule has 4 nitrogen and oxygen atoms in total. The van der Waals surface area contributed by atoms with Gasteiger partial charge in [-0.25, -0.2) is 0 Å². The molecular weight excluding hydrogens is 192 g/mol. The molecule has 0 radical (unpaired) electrons. The van der Waals surface area contributed by atoms with Crippen LogP contribution in [0.2, 0.25) is 0 Å². The SMILES string of the molecule is CC1CNCC1C(=O)N(CCO)C(C)C. The topological polar surface area (TPSA) is 52.6 Å². The number of nitrogens with zero attached hydrogens (tertiary/aromatic N) is 1. The average molecular weight is 214 g/mol. The van der Waals surface area contributed by atoms with Crippen LogP contribution in [0.3, 0.4) is 0 Å². The Kier molecular flexibility index (Phi) is 4.54. The second-order valence-electron chi connectivity index (χ2n) is 4.59. The third kappa shape index (κ3) is 2.92. The maximum Gasteiger partial charge on any atom is 0.227 e. The van der Waals surface area contributed by atoms with Gasteiger partial charge in [-0.1, -0.05) is 6.92 Å². The number of aliphatic hydroxyl groups excluding tert-OH is 1.